The predicted molar refractivity (Wildman–Crippen MR) is 118 cm³/mol. The monoisotopic (exact) mass is 410 g/mol. The van der Waals surface area contributed by atoms with Crippen LogP contribution in [-0.2, 0) is 20.9 Å². The van der Waals surface area contributed by atoms with E-state index in [1.165, 1.54) is 0 Å². The molecule has 3 rings (SSSR count). The van der Waals surface area contributed by atoms with Gasteiger partial charge in [-0.1, -0.05) is 92.6 Å². The molecule has 0 fully saturated rings. The molecular formula is C24H27O4P. The zero-order valence-corrected chi connectivity index (χ0v) is 17.5. The second kappa shape index (κ2) is 8.94. The summed E-state index contributed by atoms with van der Waals surface area (Å²) >= 11 is 0. The van der Waals surface area contributed by atoms with Gasteiger partial charge in [0.05, 0.1) is 0 Å². The first-order chi connectivity index (χ1) is 13.9. The van der Waals surface area contributed by atoms with Gasteiger partial charge in [0.15, 0.2) is 0 Å². The Morgan fingerprint density at radius 2 is 1.62 bits per heavy atom. The largest absolute Gasteiger partial charge is 0.481 e. The highest BCUT2D eigenvalue weighted by Crippen LogP contribution is 2.52. The van der Waals surface area contributed by atoms with Gasteiger partial charge in [0.25, 0.3) is 0 Å². The van der Waals surface area contributed by atoms with Gasteiger partial charge in [0.2, 0.25) is 7.37 Å². The molecule has 0 spiro atoms. The highest BCUT2D eigenvalue weighted by atomic mass is 31.2. The van der Waals surface area contributed by atoms with Crippen molar-refractivity contribution >= 4 is 24.1 Å². The number of carboxylic acid groups (broad SMARTS) is 1. The maximum atomic E-state index is 13.3. The van der Waals surface area contributed by atoms with Gasteiger partial charge in [-0.3, -0.25) is 9.36 Å². The van der Waals surface area contributed by atoms with Gasteiger partial charge in [0, 0.05) is 12.3 Å². The van der Waals surface area contributed by atoms with E-state index >= 15 is 0 Å². The van der Waals surface area contributed by atoms with E-state index in [4.69, 9.17) is 0 Å². The molecule has 0 amide bonds. The third kappa shape index (κ3) is 4.77. The van der Waals surface area contributed by atoms with Crippen LogP contribution in [0.15, 0.2) is 72.8 Å². The van der Waals surface area contributed by atoms with Crippen LogP contribution in [0.4, 0.5) is 0 Å². The molecule has 2 N–H and O–H groups in total. The highest BCUT2D eigenvalue weighted by Gasteiger charge is 2.46. The van der Waals surface area contributed by atoms with Crippen LogP contribution in [0.2, 0.25) is 0 Å². The molecule has 0 saturated heterocycles. The van der Waals surface area contributed by atoms with Crippen LogP contribution >= 0.6 is 7.37 Å². The van der Waals surface area contributed by atoms with E-state index in [0.29, 0.717) is 18.4 Å². The summed E-state index contributed by atoms with van der Waals surface area (Å²) in [4.78, 5) is 23.5. The molecule has 0 radical (unpaired) electrons. The number of hydrogen-bond donors (Lipinski definition) is 2. The van der Waals surface area contributed by atoms with Crippen molar-refractivity contribution in [1.82, 2.24) is 0 Å². The molecule has 0 aliphatic heterocycles. The van der Waals surface area contributed by atoms with Crippen molar-refractivity contribution < 1.29 is 19.4 Å². The Morgan fingerprint density at radius 3 is 2.31 bits per heavy atom. The summed E-state index contributed by atoms with van der Waals surface area (Å²) in [5.41, 5.74) is -0.0411. The lowest BCUT2D eigenvalue weighted by atomic mass is 9.76. The Hall–Kier alpha value is -2.42. The summed E-state index contributed by atoms with van der Waals surface area (Å²) < 4.78 is 13.3. The number of unbranched alkanes of at least 4 members (excludes halogenated alkanes) is 1. The third-order valence-electron chi connectivity index (χ3n) is 5.46. The Balaban J connectivity index is 2.10. The molecule has 0 aliphatic rings. The normalized spacial score (nSPS) is 15.5. The average Bonchev–Trinajstić information content (AvgIpc) is 2.71. The van der Waals surface area contributed by atoms with E-state index in [-0.39, 0.29) is 12.3 Å². The second-order valence-electron chi connectivity index (χ2n) is 7.67. The Kier molecular flexibility index (Phi) is 6.56. The van der Waals surface area contributed by atoms with Gasteiger partial charge in [-0.05, 0) is 28.3 Å². The molecule has 0 saturated carbocycles. The Labute approximate surface area is 171 Å². The van der Waals surface area contributed by atoms with Crippen LogP contribution in [-0.4, -0.2) is 22.1 Å². The quantitative estimate of drug-likeness (QED) is 0.436. The molecule has 0 bridgehead atoms. The number of hydrogen-bond acceptors (Lipinski definition) is 2. The van der Waals surface area contributed by atoms with Crippen LogP contribution in [0.5, 0.6) is 0 Å². The van der Waals surface area contributed by atoms with Gasteiger partial charge < -0.3 is 10.00 Å². The van der Waals surface area contributed by atoms with Crippen molar-refractivity contribution in [3.63, 3.8) is 0 Å². The van der Waals surface area contributed by atoms with Gasteiger partial charge >= 0.3 is 5.97 Å². The fourth-order valence-corrected chi connectivity index (χ4v) is 6.26. The molecule has 5 heteroatoms. The van der Waals surface area contributed by atoms with Gasteiger partial charge in [-0.25, -0.2) is 0 Å². The SMILES string of the molecule is CCCCC(CP(=O)(O)Cc1ccccc1)(C(=O)O)c1cccc2ccccc12. The maximum Gasteiger partial charge on any atom is 0.314 e. The summed E-state index contributed by atoms with van der Waals surface area (Å²) in [5, 5.41) is 12.1. The maximum absolute atomic E-state index is 13.3. The molecule has 4 nitrogen and oxygen atoms in total. The standard InChI is InChI=1S/C24H27O4P/c1-2-3-16-24(23(25)26,18-29(27,28)17-19-10-5-4-6-11-19)22-15-9-13-20-12-7-8-14-21(20)22/h4-15H,2-3,16-18H2,1H3,(H,25,26)(H,27,28). The second-order valence-corrected chi connectivity index (χ2v) is 9.99. The lowest BCUT2D eigenvalue weighted by Gasteiger charge is -2.33. The smallest absolute Gasteiger partial charge is 0.314 e. The molecule has 2 atom stereocenters. The van der Waals surface area contributed by atoms with Crippen LogP contribution in [0.3, 0.4) is 0 Å². The van der Waals surface area contributed by atoms with Crippen molar-refractivity contribution in [2.75, 3.05) is 6.16 Å². The van der Waals surface area contributed by atoms with E-state index < -0.39 is 18.8 Å². The van der Waals surface area contributed by atoms with E-state index in [1.807, 2.05) is 61.5 Å². The fourth-order valence-electron chi connectivity index (χ4n) is 4.06. The fraction of sp³-hybridized carbons (Fsp3) is 0.292. The summed E-state index contributed by atoms with van der Waals surface area (Å²) in [5.74, 6) is -1.04. The number of aliphatic carboxylic acids is 1. The number of carboxylic acids is 1. The first kappa shape index (κ1) is 21.3. The number of rotatable bonds is 9. The number of fused-ring (bicyclic) bond motifs is 1. The van der Waals surface area contributed by atoms with E-state index in [0.717, 1.165) is 22.8 Å². The Bertz CT molecular complexity index is 1030. The minimum absolute atomic E-state index is 0.0280. The summed E-state index contributed by atoms with van der Waals surface area (Å²) in [7, 11) is -3.75. The van der Waals surface area contributed by atoms with Crippen molar-refractivity contribution in [1.29, 1.82) is 0 Å². The zero-order valence-electron chi connectivity index (χ0n) is 16.6. The van der Waals surface area contributed by atoms with Crippen molar-refractivity contribution in [3.8, 4) is 0 Å². The third-order valence-corrected chi connectivity index (χ3v) is 7.35. The minimum atomic E-state index is -3.75. The Morgan fingerprint density at radius 1 is 0.966 bits per heavy atom. The first-order valence-corrected chi connectivity index (χ1v) is 12.0. The molecule has 0 aromatic heterocycles. The lowest BCUT2D eigenvalue weighted by molar-refractivity contribution is -0.143. The van der Waals surface area contributed by atoms with Crippen molar-refractivity contribution in [2.45, 2.75) is 37.8 Å². The van der Waals surface area contributed by atoms with E-state index in [1.54, 1.807) is 18.2 Å². The van der Waals surface area contributed by atoms with Crippen molar-refractivity contribution in [3.05, 3.63) is 83.9 Å². The van der Waals surface area contributed by atoms with Crippen LogP contribution in [0.25, 0.3) is 10.8 Å². The summed E-state index contributed by atoms with van der Waals surface area (Å²) in [6.07, 6.45) is 1.50. The first-order valence-electron chi connectivity index (χ1n) is 9.94. The molecule has 3 aromatic carbocycles. The van der Waals surface area contributed by atoms with Crippen LogP contribution < -0.4 is 0 Å². The van der Waals surface area contributed by atoms with Gasteiger partial charge in [0.1, 0.15) is 5.41 Å². The number of carbonyl (C=O) groups is 1. The molecule has 3 aromatic rings. The van der Waals surface area contributed by atoms with E-state index in [9.17, 15) is 19.4 Å². The molecular weight excluding hydrogens is 383 g/mol. The van der Waals surface area contributed by atoms with Crippen LogP contribution in [0.1, 0.15) is 37.3 Å². The highest BCUT2D eigenvalue weighted by molar-refractivity contribution is 7.57. The molecule has 2 unspecified atom stereocenters. The summed E-state index contributed by atoms with van der Waals surface area (Å²) in [6.45, 7) is 2.00. The number of benzene rings is 3. The molecule has 152 valence electrons. The van der Waals surface area contributed by atoms with Gasteiger partial charge in [-0.2, -0.15) is 0 Å². The van der Waals surface area contributed by atoms with Gasteiger partial charge in [-0.15, -0.1) is 0 Å². The van der Waals surface area contributed by atoms with E-state index in [2.05, 4.69) is 0 Å². The van der Waals surface area contributed by atoms with Crippen molar-refractivity contribution in [2.24, 2.45) is 0 Å². The molecule has 29 heavy (non-hydrogen) atoms. The topological polar surface area (TPSA) is 74.6 Å². The van der Waals surface area contributed by atoms with Crippen LogP contribution in [0, 0.1) is 0 Å². The molecule has 0 aliphatic carbocycles. The predicted octanol–water partition coefficient (Wildman–Crippen LogP) is 5.82. The zero-order chi connectivity index (χ0) is 20.9. The summed E-state index contributed by atoms with van der Waals surface area (Å²) in [6, 6.07) is 22.3. The minimum Gasteiger partial charge on any atom is -0.481 e. The average molecular weight is 410 g/mol. The molecule has 0 heterocycles. The lowest BCUT2D eigenvalue weighted by Crippen LogP contribution is -2.40.